The third-order valence-corrected chi connectivity index (χ3v) is 4.85. The molecule has 0 aromatic carbocycles. The summed E-state index contributed by atoms with van der Waals surface area (Å²) in [5, 5.41) is 0. The number of pyridine rings is 1. The molecule has 1 saturated heterocycles. The minimum Gasteiger partial charge on any atom is -0.354 e. The quantitative estimate of drug-likeness (QED) is 0.887. The van der Waals surface area contributed by atoms with Crippen molar-refractivity contribution < 1.29 is 0 Å². The molecule has 2 aliphatic rings. The first kappa shape index (κ1) is 12.9. The molecule has 0 spiro atoms. The van der Waals surface area contributed by atoms with E-state index in [2.05, 4.69) is 33.8 Å². The van der Waals surface area contributed by atoms with Crippen molar-refractivity contribution in [2.45, 2.75) is 25.3 Å². The molecule has 0 amide bonds. The van der Waals surface area contributed by atoms with Gasteiger partial charge in [-0.2, -0.15) is 0 Å². The zero-order valence-electron chi connectivity index (χ0n) is 11.8. The van der Waals surface area contributed by atoms with E-state index < -0.39 is 0 Å². The van der Waals surface area contributed by atoms with Gasteiger partial charge in [-0.25, -0.2) is 4.98 Å². The Labute approximate surface area is 115 Å². The average Bonchev–Trinajstić information content (AvgIpc) is 3.33. The largest absolute Gasteiger partial charge is 0.354 e. The molecular formula is C15H24N4. The molecule has 1 aliphatic carbocycles. The van der Waals surface area contributed by atoms with E-state index in [1.165, 1.54) is 12.8 Å². The molecule has 1 saturated carbocycles. The molecular weight excluding hydrogens is 236 g/mol. The molecule has 4 nitrogen and oxygen atoms in total. The number of rotatable bonds is 4. The van der Waals surface area contributed by atoms with E-state index in [9.17, 15) is 0 Å². The molecule has 4 heteroatoms. The highest BCUT2D eigenvalue weighted by Gasteiger charge is 2.45. The predicted molar refractivity (Wildman–Crippen MR) is 78.2 cm³/mol. The molecule has 1 aliphatic heterocycles. The molecule has 1 aromatic rings. The SMILES string of the molecule is CC(CN)(C1CC1)N1CCN(c2ccccn2)CC1. The Morgan fingerprint density at radius 1 is 1.26 bits per heavy atom. The van der Waals surface area contributed by atoms with Crippen LogP contribution in [0.5, 0.6) is 0 Å². The summed E-state index contributed by atoms with van der Waals surface area (Å²) in [6.45, 7) is 7.43. The topological polar surface area (TPSA) is 45.4 Å². The molecule has 19 heavy (non-hydrogen) atoms. The van der Waals surface area contributed by atoms with Gasteiger partial charge in [0.2, 0.25) is 0 Å². The number of nitrogens with two attached hydrogens (primary N) is 1. The highest BCUT2D eigenvalue weighted by Crippen LogP contribution is 2.42. The molecule has 2 heterocycles. The maximum atomic E-state index is 6.06. The third kappa shape index (κ3) is 2.47. The van der Waals surface area contributed by atoms with E-state index in [-0.39, 0.29) is 5.54 Å². The Bertz CT molecular complexity index is 409. The number of hydrogen-bond acceptors (Lipinski definition) is 4. The highest BCUT2D eigenvalue weighted by molar-refractivity contribution is 5.38. The van der Waals surface area contributed by atoms with Gasteiger partial charge < -0.3 is 10.6 Å². The second kappa shape index (κ2) is 5.10. The van der Waals surface area contributed by atoms with Crippen LogP contribution in [0.2, 0.25) is 0 Å². The fourth-order valence-electron chi connectivity index (χ4n) is 3.25. The number of anilines is 1. The monoisotopic (exact) mass is 260 g/mol. The number of nitrogens with zero attached hydrogens (tertiary/aromatic N) is 3. The normalized spacial score (nSPS) is 24.2. The lowest BCUT2D eigenvalue weighted by molar-refractivity contribution is 0.0824. The second-order valence-corrected chi connectivity index (χ2v) is 6.00. The summed E-state index contributed by atoms with van der Waals surface area (Å²) >= 11 is 0. The van der Waals surface area contributed by atoms with E-state index >= 15 is 0 Å². The van der Waals surface area contributed by atoms with E-state index in [4.69, 9.17) is 5.73 Å². The molecule has 0 radical (unpaired) electrons. The van der Waals surface area contributed by atoms with Gasteiger partial charge in [0.1, 0.15) is 5.82 Å². The van der Waals surface area contributed by atoms with Crippen LogP contribution in [0.3, 0.4) is 0 Å². The first-order valence-electron chi connectivity index (χ1n) is 7.35. The Hall–Kier alpha value is -1.13. The fraction of sp³-hybridized carbons (Fsp3) is 0.667. The Morgan fingerprint density at radius 3 is 2.53 bits per heavy atom. The van der Waals surface area contributed by atoms with Gasteiger partial charge in [-0.05, 0) is 37.8 Å². The molecule has 1 atom stereocenters. The van der Waals surface area contributed by atoms with E-state index in [1.807, 2.05) is 12.3 Å². The maximum Gasteiger partial charge on any atom is 0.128 e. The maximum absolute atomic E-state index is 6.06. The Morgan fingerprint density at radius 2 is 2.00 bits per heavy atom. The molecule has 104 valence electrons. The average molecular weight is 260 g/mol. The van der Waals surface area contributed by atoms with Crippen molar-refractivity contribution in [1.29, 1.82) is 0 Å². The van der Waals surface area contributed by atoms with Crippen molar-refractivity contribution in [3.63, 3.8) is 0 Å². The number of piperazine rings is 1. The lowest BCUT2D eigenvalue weighted by atomic mass is 9.92. The standard InChI is InChI=1S/C15H24N4/c1-15(12-16,13-5-6-13)19-10-8-18(9-11-19)14-4-2-3-7-17-14/h2-4,7,13H,5-6,8-12,16H2,1H3. The van der Waals surface area contributed by atoms with E-state index in [1.54, 1.807) is 0 Å². The summed E-state index contributed by atoms with van der Waals surface area (Å²) < 4.78 is 0. The van der Waals surface area contributed by atoms with Crippen molar-refractivity contribution >= 4 is 5.82 Å². The zero-order chi connectivity index (χ0) is 13.3. The van der Waals surface area contributed by atoms with E-state index in [0.29, 0.717) is 0 Å². The molecule has 1 unspecified atom stereocenters. The van der Waals surface area contributed by atoms with Crippen molar-refractivity contribution in [2.24, 2.45) is 11.7 Å². The van der Waals surface area contributed by atoms with Crippen LogP contribution in [0, 0.1) is 5.92 Å². The van der Waals surface area contributed by atoms with Crippen LogP contribution >= 0.6 is 0 Å². The van der Waals surface area contributed by atoms with Crippen LogP contribution in [-0.4, -0.2) is 48.1 Å². The van der Waals surface area contributed by atoms with Crippen LogP contribution in [0.4, 0.5) is 5.82 Å². The first-order valence-corrected chi connectivity index (χ1v) is 7.35. The zero-order valence-corrected chi connectivity index (χ0v) is 11.8. The van der Waals surface area contributed by atoms with Crippen LogP contribution in [0.1, 0.15) is 19.8 Å². The van der Waals surface area contributed by atoms with Gasteiger partial charge in [0.15, 0.2) is 0 Å². The minimum absolute atomic E-state index is 0.218. The molecule has 2 fully saturated rings. The van der Waals surface area contributed by atoms with Crippen molar-refractivity contribution in [3.8, 4) is 0 Å². The second-order valence-electron chi connectivity index (χ2n) is 6.00. The highest BCUT2D eigenvalue weighted by atomic mass is 15.3. The fourth-order valence-corrected chi connectivity index (χ4v) is 3.25. The lowest BCUT2D eigenvalue weighted by Gasteiger charge is -2.46. The first-order chi connectivity index (χ1) is 9.24. The van der Waals surface area contributed by atoms with Gasteiger partial charge in [-0.15, -0.1) is 0 Å². The predicted octanol–water partition coefficient (Wildman–Crippen LogP) is 1.33. The summed E-state index contributed by atoms with van der Waals surface area (Å²) in [6.07, 6.45) is 4.58. The van der Waals surface area contributed by atoms with Crippen LogP contribution in [-0.2, 0) is 0 Å². The van der Waals surface area contributed by atoms with Gasteiger partial charge in [0.05, 0.1) is 0 Å². The molecule has 0 bridgehead atoms. The molecule has 3 rings (SSSR count). The lowest BCUT2D eigenvalue weighted by Crippen LogP contribution is -2.60. The van der Waals surface area contributed by atoms with Crippen molar-refractivity contribution in [1.82, 2.24) is 9.88 Å². The summed E-state index contributed by atoms with van der Waals surface area (Å²) in [7, 11) is 0. The van der Waals surface area contributed by atoms with Gasteiger partial charge in [0.25, 0.3) is 0 Å². The summed E-state index contributed by atoms with van der Waals surface area (Å²) in [5.74, 6) is 1.92. The van der Waals surface area contributed by atoms with Crippen LogP contribution in [0.15, 0.2) is 24.4 Å². The Kier molecular flexibility index (Phi) is 3.46. The van der Waals surface area contributed by atoms with E-state index in [0.717, 1.165) is 44.5 Å². The van der Waals surface area contributed by atoms with Crippen molar-refractivity contribution in [2.75, 3.05) is 37.6 Å². The third-order valence-electron chi connectivity index (χ3n) is 4.85. The molecule has 1 aromatic heterocycles. The van der Waals surface area contributed by atoms with Gasteiger partial charge in [-0.1, -0.05) is 6.07 Å². The van der Waals surface area contributed by atoms with Gasteiger partial charge in [-0.3, -0.25) is 4.90 Å². The smallest absolute Gasteiger partial charge is 0.128 e. The van der Waals surface area contributed by atoms with Crippen LogP contribution in [0.25, 0.3) is 0 Å². The number of aromatic nitrogens is 1. The summed E-state index contributed by atoms with van der Waals surface area (Å²) in [5.41, 5.74) is 6.28. The van der Waals surface area contributed by atoms with Gasteiger partial charge in [0, 0.05) is 44.5 Å². The summed E-state index contributed by atoms with van der Waals surface area (Å²) in [6, 6.07) is 6.12. The van der Waals surface area contributed by atoms with Gasteiger partial charge >= 0.3 is 0 Å². The van der Waals surface area contributed by atoms with Crippen molar-refractivity contribution in [3.05, 3.63) is 24.4 Å². The molecule has 2 N–H and O–H groups in total. The van der Waals surface area contributed by atoms with Crippen LogP contribution < -0.4 is 10.6 Å². The Balaban J connectivity index is 1.63. The minimum atomic E-state index is 0.218. The number of hydrogen-bond donors (Lipinski definition) is 1. The summed E-state index contributed by atoms with van der Waals surface area (Å²) in [4.78, 5) is 9.42.